The Bertz CT molecular complexity index is 1330. The summed E-state index contributed by atoms with van der Waals surface area (Å²) in [6, 6.07) is 15.8. The highest BCUT2D eigenvalue weighted by Gasteiger charge is 2.40. The van der Waals surface area contributed by atoms with Crippen LogP contribution in [0, 0.1) is 6.92 Å². The maximum absolute atomic E-state index is 13.6. The number of nitrogens with one attached hydrogen (secondary N) is 1. The van der Waals surface area contributed by atoms with E-state index in [0.29, 0.717) is 5.82 Å². The number of amides is 2. The predicted octanol–water partition coefficient (Wildman–Crippen LogP) is 4.63. The molecule has 7 nitrogen and oxygen atoms in total. The molecule has 158 valence electrons. The van der Waals surface area contributed by atoms with E-state index in [1.54, 1.807) is 12.4 Å². The van der Waals surface area contributed by atoms with Gasteiger partial charge in [-0.3, -0.25) is 14.9 Å². The molecule has 0 aliphatic carbocycles. The van der Waals surface area contributed by atoms with E-state index >= 15 is 0 Å². The molecule has 1 N–H and O–H groups in total. The molecule has 2 amide bonds. The van der Waals surface area contributed by atoms with Crippen LogP contribution in [0.1, 0.15) is 12.1 Å². The molecule has 1 saturated heterocycles. The van der Waals surface area contributed by atoms with E-state index in [4.69, 9.17) is 4.98 Å². The normalized spacial score (nSPS) is 16.8. The van der Waals surface area contributed by atoms with Crippen LogP contribution in [0.2, 0.25) is 0 Å². The average Bonchev–Trinajstić information content (AvgIpc) is 3.24. The number of aromatic nitrogens is 3. The molecule has 1 aromatic carbocycles. The lowest BCUT2D eigenvalue weighted by molar-refractivity contribution is 0.255. The quantitative estimate of drug-likeness (QED) is 0.510. The van der Waals surface area contributed by atoms with Crippen LogP contribution in [0.3, 0.4) is 0 Å². The van der Waals surface area contributed by atoms with Crippen LogP contribution < -0.4 is 15.1 Å². The fourth-order valence-corrected chi connectivity index (χ4v) is 4.66. The van der Waals surface area contributed by atoms with Gasteiger partial charge in [-0.2, -0.15) is 0 Å². The average molecular weight is 422 g/mol. The second-order valence-corrected chi connectivity index (χ2v) is 8.32. The first-order valence-electron chi connectivity index (χ1n) is 10.8. The molecule has 7 heteroatoms. The summed E-state index contributed by atoms with van der Waals surface area (Å²) in [5.41, 5.74) is 4.48. The molecule has 0 saturated carbocycles. The zero-order valence-electron chi connectivity index (χ0n) is 17.7. The molecule has 1 fully saturated rings. The van der Waals surface area contributed by atoms with Crippen LogP contribution in [0.25, 0.3) is 22.0 Å². The number of hydrogen-bond acceptors (Lipinski definition) is 5. The maximum Gasteiger partial charge on any atom is 0.327 e. The molecule has 0 spiro atoms. The number of nitrogens with zero attached hydrogens (tertiary/aromatic N) is 5. The Labute approximate surface area is 185 Å². The number of benzene rings is 1. The highest BCUT2D eigenvalue weighted by molar-refractivity contribution is 6.09. The lowest BCUT2D eigenvalue weighted by Crippen LogP contribution is -2.48. The smallest absolute Gasteiger partial charge is 0.327 e. The van der Waals surface area contributed by atoms with Crippen molar-refractivity contribution in [3.63, 3.8) is 0 Å². The topological polar surface area (TPSA) is 74.2 Å². The summed E-state index contributed by atoms with van der Waals surface area (Å²) in [6.07, 6.45) is 6.30. The van der Waals surface area contributed by atoms with Crippen molar-refractivity contribution in [3.8, 4) is 11.3 Å². The minimum atomic E-state index is -0.159. The molecule has 6 rings (SSSR count). The summed E-state index contributed by atoms with van der Waals surface area (Å²) in [5, 5.41) is 5.09. The van der Waals surface area contributed by atoms with Gasteiger partial charge in [0.25, 0.3) is 0 Å². The molecule has 2 bridgehead atoms. The fraction of sp³-hybridized carbons (Fsp3) is 0.200. The summed E-state index contributed by atoms with van der Waals surface area (Å²) < 4.78 is 0. The Balaban J connectivity index is 1.40. The molecule has 32 heavy (non-hydrogen) atoms. The van der Waals surface area contributed by atoms with E-state index in [9.17, 15) is 4.79 Å². The van der Waals surface area contributed by atoms with Gasteiger partial charge in [0.2, 0.25) is 0 Å². The maximum atomic E-state index is 13.6. The van der Waals surface area contributed by atoms with E-state index in [0.717, 1.165) is 58.6 Å². The van der Waals surface area contributed by atoms with Gasteiger partial charge in [-0.25, -0.2) is 9.78 Å². The van der Waals surface area contributed by atoms with Crippen molar-refractivity contribution in [2.45, 2.75) is 19.4 Å². The number of fused-ring (bicyclic) bond motifs is 5. The third kappa shape index (κ3) is 3.05. The van der Waals surface area contributed by atoms with Crippen molar-refractivity contribution in [1.29, 1.82) is 0 Å². The first-order valence-corrected chi connectivity index (χ1v) is 10.8. The van der Waals surface area contributed by atoms with Gasteiger partial charge in [-0.05, 0) is 49.7 Å². The largest absolute Gasteiger partial charge is 0.366 e. The Morgan fingerprint density at radius 3 is 2.91 bits per heavy atom. The molecule has 5 heterocycles. The first kappa shape index (κ1) is 18.7. The number of anilines is 3. The standard InChI is InChI=1S/C25H22N6O/c1-16-5-6-18(14-27-16)21-7-8-23-24(28-21)31(19-10-12-30(23)15-19)25(32)29-22-4-2-3-17-13-26-11-9-20(17)22/h2-9,11,13-14,19H,10,12,15H2,1H3,(H,29,32). The van der Waals surface area contributed by atoms with E-state index < -0.39 is 0 Å². The van der Waals surface area contributed by atoms with E-state index in [1.165, 1.54) is 0 Å². The number of rotatable bonds is 2. The zero-order valence-corrected chi connectivity index (χ0v) is 17.7. The molecule has 2 aliphatic rings. The SMILES string of the molecule is Cc1ccc(-c2ccc3c(n2)N(C(=O)Nc2cccc4cnccc24)C2CCN3C2)cn1. The first-order chi connectivity index (χ1) is 15.7. The second-order valence-electron chi connectivity index (χ2n) is 8.32. The number of urea groups is 1. The zero-order chi connectivity index (χ0) is 21.7. The molecule has 0 radical (unpaired) electrons. The third-order valence-corrected chi connectivity index (χ3v) is 6.30. The number of aryl methyl sites for hydroxylation is 1. The van der Waals surface area contributed by atoms with Gasteiger partial charge < -0.3 is 10.2 Å². The van der Waals surface area contributed by atoms with Gasteiger partial charge in [0.15, 0.2) is 5.82 Å². The van der Waals surface area contributed by atoms with Crippen molar-refractivity contribution in [1.82, 2.24) is 15.0 Å². The number of hydrogen-bond donors (Lipinski definition) is 1. The Morgan fingerprint density at radius 1 is 1.09 bits per heavy atom. The predicted molar refractivity (Wildman–Crippen MR) is 126 cm³/mol. The molecule has 1 unspecified atom stereocenters. The third-order valence-electron chi connectivity index (χ3n) is 6.30. The summed E-state index contributed by atoms with van der Waals surface area (Å²) >= 11 is 0. The Morgan fingerprint density at radius 2 is 2.03 bits per heavy atom. The Hall–Kier alpha value is -4.00. The van der Waals surface area contributed by atoms with Gasteiger partial charge in [0.05, 0.1) is 23.1 Å². The lowest BCUT2D eigenvalue weighted by Gasteiger charge is -2.36. The lowest BCUT2D eigenvalue weighted by atomic mass is 10.1. The van der Waals surface area contributed by atoms with Crippen LogP contribution in [0.5, 0.6) is 0 Å². The minimum absolute atomic E-state index is 0.0954. The van der Waals surface area contributed by atoms with Crippen LogP contribution in [-0.4, -0.2) is 40.1 Å². The van der Waals surface area contributed by atoms with Crippen molar-refractivity contribution in [2.24, 2.45) is 0 Å². The van der Waals surface area contributed by atoms with Gasteiger partial charge >= 0.3 is 6.03 Å². The second kappa shape index (κ2) is 7.30. The van der Waals surface area contributed by atoms with Gasteiger partial charge in [0, 0.05) is 53.7 Å². The number of pyridine rings is 3. The van der Waals surface area contributed by atoms with Crippen molar-refractivity contribution in [2.75, 3.05) is 28.2 Å². The summed E-state index contributed by atoms with van der Waals surface area (Å²) in [5.74, 6) is 0.705. The fourth-order valence-electron chi connectivity index (χ4n) is 4.66. The monoisotopic (exact) mass is 422 g/mol. The molecule has 3 aromatic heterocycles. The molecular formula is C25H22N6O. The van der Waals surface area contributed by atoms with E-state index in [1.807, 2.05) is 60.5 Å². The Kier molecular flexibility index (Phi) is 4.28. The summed E-state index contributed by atoms with van der Waals surface area (Å²) in [4.78, 5) is 31.3. The van der Waals surface area contributed by atoms with Gasteiger partial charge in [-0.1, -0.05) is 12.1 Å². The van der Waals surface area contributed by atoms with Crippen LogP contribution >= 0.6 is 0 Å². The van der Waals surface area contributed by atoms with Crippen LogP contribution in [0.4, 0.5) is 22.0 Å². The summed E-state index contributed by atoms with van der Waals surface area (Å²) in [7, 11) is 0. The molecule has 2 aliphatic heterocycles. The van der Waals surface area contributed by atoms with Crippen molar-refractivity contribution < 1.29 is 4.79 Å². The van der Waals surface area contributed by atoms with E-state index in [2.05, 4.69) is 26.3 Å². The van der Waals surface area contributed by atoms with Gasteiger partial charge in [0.1, 0.15) is 0 Å². The van der Waals surface area contributed by atoms with Crippen molar-refractivity contribution >= 4 is 34.0 Å². The molecule has 1 atom stereocenters. The van der Waals surface area contributed by atoms with Crippen LogP contribution in [-0.2, 0) is 0 Å². The number of carbonyl (C=O) groups excluding carboxylic acids is 1. The summed E-state index contributed by atoms with van der Waals surface area (Å²) in [6.45, 7) is 3.71. The highest BCUT2D eigenvalue weighted by Crippen LogP contribution is 2.40. The molecule has 4 aromatic rings. The van der Waals surface area contributed by atoms with Gasteiger partial charge in [-0.15, -0.1) is 0 Å². The van der Waals surface area contributed by atoms with Crippen LogP contribution in [0.15, 0.2) is 67.1 Å². The number of carbonyl (C=O) groups is 1. The van der Waals surface area contributed by atoms with Crippen molar-refractivity contribution in [3.05, 3.63) is 72.8 Å². The van der Waals surface area contributed by atoms with E-state index in [-0.39, 0.29) is 12.1 Å². The minimum Gasteiger partial charge on any atom is -0.366 e. The molecular weight excluding hydrogens is 400 g/mol. The highest BCUT2D eigenvalue weighted by atomic mass is 16.2.